The standard InChI is InChI=1S/C15H22N2O2/c1-3-11(2)19-14-9-5-8-13(10-14)17-15(18)16-12-6-4-7-12/h5,8-12H,3-4,6-7H2,1-2H3,(H2,16,17,18). The van der Waals surface area contributed by atoms with Crippen molar-refractivity contribution >= 4 is 11.7 Å². The van der Waals surface area contributed by atoms with Crippen LogP contribution in [-0.2, 0) is 0 Å². The summed E-state index contributed by atoms with van der Waals surface area (Å²) < 4.78 is 5.73. The Balaban J connectivity index is 1.88. The summed E-state index contributed by atoms with van der Waals surface area (Å²) >= 11 is 0. The van der Waals surface area contributed by atoms with Crippen molar-refractivity contribution in [1.82, 2.24) is 5.32 Å². The Morgan fingerprint density at radius 3 is 2.89 bits per heavy atom. The van der Waals surface area contributed by atoms with Crippen molar-refractivity contribution in [3.8, 4) is 5.75 Å². The fraction of sp³-hybridized carbons (Fsp3) is 0.533. The van der Waals surface area contributed by atoms with E-state index in [9.17, 15) is 4.79 Å². The van der Waals surface area contributed by atoms with E-state index in [1.165, 1.54) is 6.42 Å². The number of carbonyl (C=O) groups is 1. The van der Waals surface area contributed by atoms with Crippen molar-refractivity contribution in [2.75, 3.05) is 5.32 Å². The molecule has 0 aliphatic heterocycles. The summed E-state index contributed by atoms with van der Waals surface area (Å²) in [6.45, 7) is 4.11. The van der Waals surface area contributed by atoms with Crippen molar-refractivity contribution < 1.29 is 9.53 Å². The quantitative estimate of drug-likeness (QED) is 0.852. The van der Waals surface area contributed by atoms with Crippen LogP contribution in [0, 0.1) is 0 Å². The Morgan fingerprint density at radius 1 is 1.47 bits per heavy atom. The lowest BCUT2D eigenvalue weighted by molar-refractivity contribution is 0.217. The van der Waals surface area contributed by atoms with Gasteiger partial charge in [-0.2, -0.15) is 0 Å². The van der Waals surface area contributed by atoms with Crippen LogP contribution in [0.4, 0.5) is 10.5 Å². The number of hydrogen-bond acceptors (Lipinski definition) is 2. The molecule has 2 rings (SSSR count). The Labute approximate surface area is 114 Å². The van der Waals surface area contributed by atoms with E-state index < -0.39 is 0 Å². The van der Waals surface area contributed by atoms with E-state index in [4.69, 9.17) is 4.74 Å². The molecule has 0 heterocycles. The van der Waals surface area contributed by atoms with Gasteiger partial charge in [-0.1, -0.05) is 13.0 Å². The minimum atomic E-state index is -0.134. The van der Waals surface area contributed by atoms with Crippen molar-refractivity contribution in [1.29, 1.82) is 0 Å². The van der Waals surface area contributed by atoms with Gasteiger partial charge in [-0.15, -0.1) is 0 Å². The van der Waals surface area contributed by atoms with Gasteiger partial charge in [-0.05, 0) is 44.7 Å². The first-order valence-corrected chi connectivity index (χ1v) is 7.01. The van der Waals surface area contributed by atoms with Crippen molar-refractivity contribution in [2.24, 2.45) is 0 Å². The van der Waals surface area contributed by atoms with Crippen LogP contribution in [0.15, 0.2) is 24.3 Å². The number of amides is 2. The molecular formula is C15H22N2O2. The molecule has 4 nitrogen and oxygen atoms in total. The van der Waals surface area contributed by atoms with Gasteiger partial charge in [0.05, 0.1) is 6.10 Å². The summed E-state index contributed by atoms with van der Waals surface area (Å²) in [6, 6.07) is 7.72. The number of hydrogen-bond donors (Lipinski definition) is 2. The van der Waals surface area contributed by atoms with Gasteiger partial charge in [0, 0.05) is 17.8 Å². The fourth-order valence-electron chi connectivity index (χ4n) is 1.87. The smallest absolute Gasteiger partial charge is 0.319 e. The summed E-state index contributed by atoms with van der Waals surface area (Å²) in [4.78, 5) is 11.7. The SMILES string of the molecule is CCC(C)Oc1cccc(NC(=O)NC2CCC2)c1. The second kappa shape index (κ2) is 6.45. The molecule has 0 spiro atoms. The number of urea groups is 1. The second-order valence-electron chi connectivity index (χ2n) is 5.09. The summed E-state index contributed by atoms with van der Waals surface area (Å²) in [5, 5.41) is 5.79. The van der Waals surface area contributed by atoms with E-state index in [-0.39, 0.29) is 12.1 Å². The zero-order valence-electron chi connectivity index (χ0n) is 11.6. The molecule has 2 N–H and O–H groups in total. The summed E-state index contributed by atoms with van der Waals surface area (Å²) in [5.74, 6) is 0.788. The van der Waals surface area contributed by atoms with Crippen molar-refractivity contribution in [3.05, 3.63) is 24.3 Å². The number of anilines is 1. The molecule has 1 aliphatic rings. The topological polar surface area (TPSA) is 50.4 Å². The highest BCUT2D eigenvalue weighted by molar-refractivity contribution is 5.89. The molecule has 1 aromatic rings. The molecule has 104 valence electrons. The van der Waals surface area contributed by atoms with E-state index in [0.29, 0.717) is 6.04 Å². The van der Waals surface area contributed by atoms with Crippen LogP contribution in [0.2, 0.25) is 0 Å². The Kier molecular flexibility index (Phi) is 4.66. The van der Waals surface area contributed by atoms with Gasteiger partial charge in [0.25, 0.3) is 0 Å². The second-order valence-corrected chi connectivity index (χ2v) is 5.09. The highest BCUT2D eigenvalue weighted by Crippen LogP contribution is 2.20. The minimum Gasteiger partial charge on any atom is -0.491 e. The third-order valence-electron chi connectivity index (χ3n) is 3.44. The molecule has 1 atom stereocenters. The van der Waals surface area contributed by atoms with E-state index >= 15 is 0 Å². The zero-order chi connectivity index (χ0) is 13.7. The number of benzene rings is 1. The first-order valence-electron chi connectivity index (χ1n) is 7.01. The van der Waals surface area contributed by atoms with E-state index in [1.54, 1.807) is 0 Å². The predicted molar refractivity (Wildman–Crippen MR) is 76.6 cm³/mol. The van der Waals surface area contributed by atoms with Gasteiger partial charge < -0.3 is 15.4 Å². The summed E-state index contributed by atoms with van der Waals surface area (Å²) in [7, 11) is 0. The van der Waals surface area contributed by atoms with Crippen LogP contribution < -0.4 is 15.4 Å². The lowest BCUT2D eigenvalue weighted by Gasteiger charge is -2.26. The average Bonchev–Trinajstić information content (AvgIpc) is 2.34. The monoisotopic (exact) mass is 262 g/mol. The molecule has 0 radical (unpaired) electrons. The highest BCUT2D eigenvalue weighted by atomic mass is 16.5. The molecule has 2 amide bonds. The van der Waals surface area contributed by atoms with Crippen LogP contribution in [0.25, 0.3) is 0 Å². The molecule has 0 bridgehead atoms. The highest BCUT2D eigenvalue weighted by Gasteiger charge is 2.19. The van der Waals surface area contributed by atoms with Crippen LogP contribution in [0.5, 0.6) is 5.75 Å². The fourth-order valence-corrected chi connectivity index (χ4v) is 1.87. The number of nitrogens with one attached hydrogen (secondary N) is 2. The summed E-state index contributed by atoms with van der Waals surface area (Å²) in [5.41, 5.74) is 0.762. The first kappa shape index (κ1) is 13.7. The van der Waals surface area contributed by atoms with E-state index in [2.05, 4.69) is 17.6 Å². The van der Waals surface area contributed by atoms with Crippen molar-refractivity contribution in [2.45, 2.75) is 51.7 Å². The lowest BCUT2D eigenvalue weighted by Crippen LogP contribution is -2.41. The van der Waals surface area contributed by atoms with Gasteiger partial charge in [0.15, 0.2) is 0 Å². The van der Waals surface area contributed by atoms with Gasteiger partial charge in [-0.25, -0.2) is 4.79 Å². The Morgan fingerprint density at radius 2 is 2.26 bits per heavy atom. The Bertz CT molecular complexity index is 430. The van der Waals surface area contributed by atoms with Crippen LogP contribution in [-0.4, -0.2) is 18.2 Å². The lowest BCUT2D eigenvalue weighted by atomic mass is 9.93. The molecule has 0 aromatic heterocycles. The normalized spacial score (nSPS) is 16.3. The third-order valence-corrected chi connectivity index (χ3v) is 3.44. The molecule has 19 heavy (non-hydrogen) atoms. The van der Waals surface area contributed by atoms with E-state index in [0.717, 1.165) is 30.7 Å². The molecule has 1 unspecified atom stereocenters. The third kappa shape index (κ3) is 4.16. The number of ether oxygens (including phenoxy) is 1. The van der Waals surface area contributed by atoms with Crippen LogP contribution >= 0.6 is 0 Å². The van der Waals surface area contributed by atoms with Gasteiger partial charge in [0.2, 0.25) is 0 Å². The van der Waals surface area contributed by atoms with Crippen LogP contribution in [0.1, 0.15) is 39.5 Å². The largest absolute Gasteiger partial charge is 0.491 e. The maximum Gasteiger partial charge on any atom is 0.319 e. The van der Waals surface area contributed by atoms with Gasteiger partial charge in [-0.3, -0.25) is 0 Å². The molecular weight excluding hydrogens is 240 g/mol. The number of carbonyl (C=O) groups excluding carboxylic acids is 1. The van der Waals surface area contributed by atoms with Gasteiger partial charge >= 0.3 is 6.03 Å². The zero-order valence-corrected chi connectivity index (χ0v) is 11.6. The molecule has 1 saturated carbocycles. The predicted octanol–water partition coefficient (Wildman–Crippen LogP) is 3.54. The average molecular weight is 262 g/mol. The first-order chi connectivity index (χ1) is 9.17. The maximum atomic E-state index is 11.7. The van der Waals surface area contributed by atoms with Crippen molar-refractivity contribution in [3.63, 3.8) is 0 Å². The molecule has 1 aliphatic carbocycles. The molecule has 4 heteroatoms. The van der Waals surface area contributed by atoms with Gasteiger partial charge in [0.1, 0.15) is 5.75 Å². The minimum absolute atomic E-state index is 0.134. The summed E-state index contributed by atoms with van der Waals surface area (Å²) in [6.07, 6.45) is 4.53. The molecule has 0 saturated heterocycles. The van der Waals surface area contributed by atoms with Crippen LogP contribution in [0.3, 0.4) is 0 Å². The molecule has 1 fully saturated rings. The molecule has 1 aromatic carbocycles. The van der Waals surface area contributed by atoms with E-state index in [1.807, 2.05) is 31.2 Å². The Hall–Kier alpha value is -1.71. The number of rotatable bonds is 5. The maximum absolute atomic E-state index is 11.7.